The molecule has 0 radical (unpaired) electrons. The Labute approximate surface area is 131 Å². The van der Waals surface area contributed by atoms with E-state index in [9.17, 15) is 0 Å². The zero-order valence-corrected chi connectivity index (χ0v) is 13.6. The number of fused-ring (bicyclic) bond motifs is 1. The maximum absolute atomic E-state index is 6.30. The summed E-state index contributed by atoms with van der Waals surface area (Å²) in [6, 6.07) is 4.67. The van der Waals surface area contributed by atoms with E-state index in [0.717, 1.165) is 36.1 Å². The van der Waals surface area contributed by atoms with Crippen molar-refractivity contribution < 1.29 is 0 Å². The number of hydrogen-bond donors (Lipinski definition) is 0. The summed E-state index contributed by atoms with van der Waals surface area (Å²) >= 11 is 6.30. The van der Waals surface area contributed by atoms with E-state index in [1.807, 2.05) is 25.3 Å². The average molecular weight is 307 g/mol. The van der Waals surface area contributed by atoms with Crippen LogP contribution in [0.2, 0.25) is 0 Å². The molecule has 1 unspecified atom stereocenters. The molecule has 0 saturated heterocycles. The van der Waals surface area contributed by atoms with Gasteiger partial charge in [0.1, 0.15) is 11.3 Å². The van der Waals surface area contributed by atoms with Crippen LogP contribution < -0.4 is 0 Å². The molecule has 2 aromatic heterocycles. The second-order valence-corrected chi connectivity index (χ2v) is 6.66. The minimum absolute atomic E-state index is 0.101. The van der Waals surface area contributed by atoms with Gasteiger partial charge in [0.2, 0.25) is 0 Å². The number of halogens is 1. The van der Waals surface area contributed by atoms with Crippen LogP contribution in [0.4, 0.5) is 0 Å². The lowest BCUT2D eigenvalue weighted by atomic mass is 10.2. The highest BCUT2D eigenvalue weighted by Crippen LogP contribution is 2.25. The molecule has 21 heavy (non-hydrogen) atoms. The monoisotopic (exact) mass is 306 g/mol. The molecule has 3 rings (SSSR count). The van der Waals surface area contributed by atoms with Crippen molar-refractivity contribution in [3.8, 4) is 0 Å². The van der Waals surface area contributed by atoms with Crippen LogP contribution in [-0.4, -0.2) is 39.1 Å². The highest BCUT2D eigenvalue weighted by atomic mass is 35.5. The zero-order chi connectivity index (χ0) is 14.8. The Morgan fingerprint density at radius 3 is 2.90 bits per heavy atom. The van der Waals surface area contributed by atoms with E-state index in [0.29, 0.717) is 0 Å². The van der Waals surface area contributed by atoms with Crippen LogP contribution in [0.3, 0.4) is 0 Å². The number of rotatable bonds is 5. The molecule has 1 fully saturated rings. The lowest BCUT2D eigenvalue weighted by molar-refractivity contribution is 0.236. The molecule has 0 spiro atoms. The summed E-state index contributed by atoms with van der Waals surface area (Å²) in [4.78, 5) is 11.6. The van der Waals surface area contributed by atoms with Crippen molar-refractivity contribution in [3.63, 3.8) is 0 Å². The van der Waals surface area contributed by atoms with E-state index < -0.39 is 0 Å². The fraction of sp³-hybridized carbons (Fsp3) is 0.625. The topological polar surface area (TPSA) is 34.0 Å². The molecule has 1 aliphatic rings. The maximum atomic E-state index is 6.30. The second kappa shape index (κ2) is 6.32. The van der Waals surface area contributed by atoms with Crippen molar-refractivity contribution in [3.05, 3.63) is 24.2 Å². The summed E-state index contributed by atoms with van der Waals surface area (Å²) in [5.74, 6) is 0.921. The summed E-state index contributed by atoms with van der Waals surface area (Å²) in [5, 5.41) is -0.101. The van der Waals surface area contributed by atoms with Crippen LogP contribution in [0.25, 0.3) is 11.2 Å². The molecule has 4 nitrogen and oxygen atoms in total. The highest BCUT2D eigenvalue weighted by Gasteiger charge is 2.21. The molecule has 0 N–H and O–H groups in total. The van der Waals surface area contributed by atoms with Crippen LogP contribution in [0.5, 0.6) is 0 Å². The van der Waals surface area contributed by atoms with Gasteiger partial charge in [-0.1, -0.05) is 12.8 Å². The quantitative estimate of drug-likeness (QED) is 0.791. The normalized spacial score (nSPS) is 17.9. The molecule has 0 amide bonds. The Kier molecular flexibility index (Phi) is 4.45. The van der Waals surface area contributed by atoms with Gasteiger partial charge in [0.05, 0.1) is 5.38 Å². The third-order valence-corrected chi connectivity index (χ3v) is 4.71. The first kappa shape index (κ1) is 14.8. The Morgan fingerprint density at radius 1 is 1.43 bits per heavy atom. The van der Waals surface area contributed by atoms with Gasteiger partial charge in [-0.2, -0.15) is 0 Å². The number of alkyl halides is 1. The van der Waals surface area contributed by atoms with Gasteiger partial charge in [0, 0.05) is 25.3 Å². The molecule has 2 heterocycles. The van der Waals surface area contributed by atoms with Crippen LogP contribution in [0.1, 0.15) is 43.8 Å². The summed E-state index contributed by atoms with van der Waals surface area (Å²) in [6.45, 7) is 3.89. The first-order valence-corrected chi connectivity index (χ1v) is 8.26. The molecule has 1 aliphatic carbocycles. The SMILES string of the molecule is CC(Cl)c1nc2cccnc2n1CCN(C)C1CCCC1. The van der Waals surface area contributed by atoms with Crippen LogP contribution in [0, 0.1) is 0 Å². The summed E-state index contributed by atoms with van der Waals surface area (Å²) in [6.07, 6.45) is 7.23. The zero-order valence-electron chi connectivity index (χ0n) is 12.8. The molecular weight excluding hydrogens is 284 g/mol. The van der Waals surface area contributed by atoms with E-state index in [1.165, 1.54) is 25.7 Å². The van der Waals surface area contributed by atoms with E-state index in [4.69, 9.17) is 11.6 Å². The number of pyridine rings is 1. The Morgan fingerprint density at radius 2 is 2.19 bits per heavy atom. The van der Waals surface area contributed by atoms with Crippen molar-refractivity contribution in [1.29, 1.82) is 0 Å². The molecule has 1 atom stereocenters. The van der Waals surface area contributed by atoms with Crippen LogP contribution in [0.15, 0.2) is 18.3 Å². The number of aromatic nitrogens is 3. The third-order valence-electron chi connectivity index (χ3n) is 4.51. The van der Waals surface area contributed by atoms with Crippen molar-refractivity contribution in [2.45, 2.75) is 50.6 Å². The first-order chi connectivity index (χ1) is 10.2. The summed E-state index contributed by atoms with van der Waals surface area (Å²) in [5.41, 5.74) is 1.88. The first-order valence-electron chi connectivity index (χ1n) is 7.82. The molecule has 5 heteroatoms. The predicted molar refractivity (Wildman–Crippen MR) is 86.7 cm³/mol. The standard InChI is InChI=1S/C16H23ClN4/c1-12(17)15-19-14-8-5-9-18-16(14)21(15)11-10-20(2)13-6-3-4-7-13/h5,8-9,12-13H,3-4,6-7,10-11H2,1-2H3. The van der Waals surface area contributed by atoms with Crippen molar-refractivity contribution in [2.24, 2.45) is 0 Å². The van der Waals surface area contributed by atoms with Gasteiger partial charge in [-0.25, -0.2) is 9.97 Å². The van der Waals surface area contributed by atoms with Gasteiger partial charge in [-0.15, -0.1) is 11.6 Å². The summed E-state index contributed by atoms with van der Waals surface area (Å²) < 4.78 is 2.18. The molecule has 0 aliphatic heterocycles. The average Bonchev–Trinajstić information content (AvgIpc) is 3.12. The lowest BCUT2D eigenvalue weighted by Gasteiger charge is -2.24. The molecule has 1 saturated carbocycles. The Bertz CT molecular complexity index is 601. The van der Waals surface area contributed by atoms with Crippen molar-refractivity contribution >= 4 is 22.8 Å². The number of imidazole rings is 1. The fourth-order valence-electron chi connectivity index (χ4n) is 3.29. The maximum Gasteiger partial charge on any atom is 0.160 e. The van der Waals surface area contributed by atoms with E-state index in [1.54, 1.807) is 0 Å². The molecule has 114 valence electrons. The Hall–Kier alpha value is -1.13. The number of likely N-dealkylation sites (N-methyl/N-ethyl adjacent to an activating group) is 1. The van der Waals surface area contributed by atoms with Crippen LogP contribution >= 0.6 is 11.6 Å². The van der Waals surface area contributed by atoms with Gasteiger partial charge in [-0.3, -0.25) is 0 Å². The molecular formula is C16H23ClN4. The number of hydrogen-bond acceptors (Lipinski definition) is 3. The number of nitrogens with zero attached hydrogens (tertiary/aromatic N) is 4. The van der Waals surface area contributed by atoms with Gasteiger partial charge >= 0.3 is 0 Å². The Balaban J connectivity index is 1.80. The smallest absolute Gasteiger partial charge is 0.160 e. The lowest BCUT2D eigenvalue weighted by Crippen LogP contribution is -2.32. The van der Waals surface area contributed by atoms with E-state index in [2.05, 4.69) is 26.5 Å². The van der Waals surface area contributed by atoms with Crippen molar-refractivity contribution in [2.75, 3.05) is 13.6 Å². The predicted octanol–water partition coefficient (Wildman–Crippen LogP) is 3.61. The fourth-order valence-corrected chi connectivity index (χ4v) is 3.45. The van der Waals surface area contributed by atoms with E-state index in [-0.39, 0.29) is 5.38 Å². The largest absolute Gasteiger partial charge is 0.310 e. The van der Waals surface area contributed by atoms with Gasteiger partial charge in [-0.05, 0) is 38.9 Å². The van der Waals surface area contributed by atoms with E-state index >= 15 is 0 Å². The molecule has 2 aromatic rings. The second-order valence-electron chi connectivity index (χ2n) is 6.00. The highest BCUT2D eigenvalue weighted by molar-refractivity contribution is 6.20. The van der Waals surface area contributed by atoms with Gasteiger partial charge in [0.25, 0.3) is 0 Å². The van der Waals surface area contributed by atoms with Gasteiger partial charge in [0.15, 0.2) is 5.65 Å². The minimum atomic E-state index is -0.101. The minimum Gasteiger partial charge on any atom is -0.310 e. The third kappa shape index (κ3) is 3.06. The van der Waals surface area contributed by atoms with Crippen molar-refractivity contribution in [1.82, 2.24) is 19.4 Å². The molecule has 0 bridgehead atoms. The summed E-state index contributed by atoms with van der Waals surface area (Å²) in [7, 11) is 2.23. The van der Waals surface area contributed by atoms with Gasteiger partial charge < -0.3 is 9.47 Å². The van der Waals surface area contributed by atoms with Crippen LogP contribution in [-0.2, 0) is 6.54 Å². The molecule has 0 aromatic carbocycles.